The van der Waals surface area contributed by atoms with Gasteiger partial charge in [-0.1, -0.05) is 41.4 Å². The molecule has 19 heavy (non-hydrogen) atoms. The van der Waals surface area contributed by atoms with Crippen molar-refractivity contribution in [3.8, 4) is 0 Å². The molecule has 0 aliphatic rings. The Kier molecular flexibility index (Phi) is 3.09. The molecule has 0 aliphatic heterocycles. The fourth-order valence-corrected chi connectivity index (χ4v) is 2.44. The van der Waals surface area contributed by atoms with Crippen LogP contribution < -0.4 is 5.69 Å². The fraction of sp³-hybridized carbons (Fsp3) is 0.0714. The van der Waals surface area contributed by atoms with Crippen molar-refractivity contribution < 1.29 is 0 Å². The van der Waals surface area contributed by atoms with E-state index in [0.29, 0.717) is 16.6 Å². The number of halogens is 2. The van der Waals surface area contributed by atoms with E-state index in [1.54, 1.807) is 22.8 Å². The van der Waals surface area contributed by atoms with Crippen molar-refractivity contribution in [3.05, 3.63) is 68.6 Å². The van der Waals surface area contributed by atoms with Crippen LogP contribution in [-0.2, 0) is 6.54 Å². The van der Waals surface area contributed by atoms with Gasteiger partial charge in [0.15, 0.2) is 0 Å². The molecule has 2 aromatic carbocycles. The van der Waals surface area contributed by atoms with Gasteiger partial charge in [0.25, 0.3) is 0 Å². The van der Waals surface area contributed by atoms with Crippen LogP contribution in [0.1, 0.15) is 5.56 Å². The van der Waals surface area contributed by atoms with Crippen LogP contribution in [0.25, 0.3) is 11.0 Å². The van der Waals surface area contributed by atoms with Gasteiger partial charge in [-0.15, -0.1) is 0 Å². The second-order valence-electron chi connectivity index (χ2n) is 4.27. The third-order valence-corrected chi connectivity index (χ3v) is 3.63. The number of nitrogens with one attached hydrogen (secondary N) is 1. The first-order valence-corrected chi connectivity index (χ1v) is 6.52. The molecular weight excluding hydrogens is 283 g/mol. The van der Waals surface area contributed by atoms with Gasteiger partial charge in [-0.25, -0.2) is 4.79 Å². The van der Waals surface area contributed by atoms with Crippen molar-refractivity contribution in [3.63, 3.8) is 0 Å². The number of benzene rings is 2. The molecule has 0 amide bonds. The molecule has 5 heteroatoms. The van der Waals surface area contributed by atoms with Crippen LogP contribution in [0.15, 0.2) is 47.3 Å². The standard InChI is InChI=1S/C14H10Cl2N2O/c15-10-5-6-12-13(7-10)18(14(19)17-12)8-9-3-1-2-4-11(9)16/h1-7H,8H2,(H,17,19). The van der Waals surface area contributed by atoms with E-state index in [4.69, 9.17) is 23.2 Å². The fourth-order valence-electron chi connectivity index (χ4n) is 2.08. The topological polar surface area (TPSA) is 37.8 Å². The van der Waals surface area contributed by atoms with Gasteiger partial charge in [0.1, 0.15) is 0 Å². The Hall–Kier alpha value is -1.71. The molecule has 96 valence electrons. The van der Waals surface area contributed by atoms with Gasteiger partial charge in [0.05, 0.1) is 17.6 Å². The van der Waals surface area contributed by atoms with Crippen LogP contribution in [0.3, 0.4) is 0 Å². The van der Waals surface area contributed by atoms with Crippen LogP contribution in [0.5, 0.6) is 0 Å². The summed E-state index contributed by atoms with van der Waals surface area (Å²) in [5, 5.41) is 1.24. The summed E-state index contributed by atoms with van der Waals surface area (Å²) in [7, 11) is 0. The van der Waals surface area contributed by atoms with Crippen molar-refractivity contribution >= 4 is 34.2 Å². The van der Waals surface area contributed by atoms with Crippen molar-refractivity contribution in [1.29, 1.82) is 0 Å². The molecule has 3 rings (SSSR count). The largest absolute Gasteiger partial charge is 0.326 e. The second kappa shape index (κ2) is 4.76. The van der Waals surface area contributed by atoms with Crippen molar-refractivity contribution in [2.45, 2.75) is 6.54 Å². The smallest absolute Gasteiger partial charge is 0.306 e. The molecule has 0 unspecified atom stereocenters. The van der Waals surface area contributed by atoms with Crippen molar-refractivity contribution in [2.75, 3.05) is 0 Å². The van der Waals surface area contributed by atoms with Crippen LogP contribution in [-0.4, -0.2) is 9.55 Å². The molecule has 1 heterocycles. The summed E-state index contributed by atoms with van der Waals surface area (Å²) in [6.07, 6.45) is 0. The van der Waals surface area contributed by atoms with Crippen molar-refractivity contribution in [2.24, 2.45) is 0 Å². The van der Waals surface area contributed by atoms with Crippen LogP contribution in [0, 0.1) is 0 Å². The number of aromatic amines is 1. The lowest BCUT2D eigenvalue weighted by Gasteiger charge is -2.05. The molecule has 0 spiro atoms. The number of aromatic nitrogens is 2. The number of fused-ring (bicyclic) bond motifs is 1. The van der Waals surface area contributed by atoms with E-state index in [1.165, 1.54) is 0 Å². The van der Waals surface area contributed by atoms with Crippen molar-refractivity contribution in [1.82, 2.24) is 9.55 Å². The van der Waals surface area contributed by atoms with Gasteiger partial charge >= 0.3 is 5.69 Å². The first kappa shape index (κ1) is 12.3. The highest BCUT2D eigenvalue weighted by Crippen LogP contribution is 2.20. The number of H-pyrrole nitrogens is 1. The maximum absolute atomic E-state index is 12.0. The molecule has 0 aliphatic carbocycles. The highest BCUT2D eigenvalue weighted by atomic mass is 35.5. The maximum atomic E-state index is 12.0. The van der Waals surface area contributed by atoms with Gasteiger partial charge in [-0.05, 0) is 29.8 Å². The average Bonchev–Trinajstić information content (AvgIpc) is 2.69. The lowest BCUT2D eigenvalue weighted by molar-refractivity contribution is 0.787. The zero-order valence-corrected chi connectivity index (χ0v) is 11.4. The number of imidazole rings is 1. The second-order valence-corrected chi connectivity index (χ2v) is 5.11. The zero-order chi connectivity index (χ0) is 13.4. The third kappa shape index (κ3) is 2.27. The maximum Gasteiger partial charge on any atom is 0.326 e. The molecule has 0 radical (unpaired) electrons. The first-order chi connectivity index (χ1) is 9.15. The van der Waals surface area contributed by atoms with E-state index in [1.807, 2.05) is 24.3 Å². The number of nitrogens with zero attached hydrogens (tertiary/aromatic N) is 1. The molecule has 0 fully saturated rings. The van der Waals surface area contributed by atoms with Crippen LogP contribution in [0.4, 0.5) is 0 Å². The van der Waals surface area contributed by atoms with Gasteiger partial charge in [-0.2, -0.15) is 0 Å². The predicted molar refractivity (Wildman–Crippen MR) is 78.1 cm³/mol. The summed E-state index contributed by atoms with van der Waals surface area (Å²) in [6, 6.07) is 12.8. The molecule has 3 nitrogen and oxygen atoms in total. The van der Waals surface area contributed by atoms with Gasteiger partial charge in [0, 0.05) is 10.0 Å². The zero-order valence-electron chi connectivity index (χ0n) is 9.86. The van der Waals surface area contributed by atoms with E-state index in [9.17, 15) is 4.79 Å². The Bertz CT molecular complexity index is 805. The highest BCUT2D eigenvalue weighted by molar-refractivity contribution is 6.31. The molecule has 0 saturated carbocycles. The Balaban J connectivity index is 2.15. The monoisotopic (exact) mass is 292 g/mol. The molecular formula is C14H10Cl2N2O. The Morgan fingerprint density at radius 3 is 2.68 bits per heavy atom. The highest BCUT2D eigenvalue weighted by Gasteiger charge is 2.09. The third-order valence-electron chi connectivity index (χ3n) is 3.02. The van der Waals surface area contributed by atoms with Gasteiger partial charge in [-0.3, -0.25) is 4.57 Å². The van der Waals surface area contributed by atoms with E-state index in [0.717, 1.165) is 16.6 Å². The summed E-state index contributed by atoms with van der Waals surface area (Å²) in [5.41, 5.74) is 2.27. The minimum absolute atomic E-state index is 0.169. The minimum Gasteiger partial charge on any atom is -0.306 e. The minimum atomic E-state index is -0.169. The molecule has 1 N–H and O–H groups in total. The molecule has 0 bridgehead atoms. The van der Waals surface area contributed by atoms with Gasteiger partial charge in [0.2, 0.25) is 0 Å². The van der Waals surface area contributed by atoms with Crippen LogP contribution in [0.2, 0.25) is 10.0 Å². The average molecular weight is 293 g/mol. The number of hydrogen-bond acceptors (Lipinski definition) is 1. The first-order valence-electron chi connectivity index (χ1n) is 5.76. The molecule has 0 atom stereocenters. The number of hydrogen-bond donors (Lipinski definition) is 1. The molecule has 1 aromatic heterocycles. The summed E-state index contributed by atoms with van der Waals surface area (Å²) >= 11 is 12.1. The van der Waals surface area contributed by atoms with E-state index in [-0.39, 0.29) is 5.69 Å². The Morgan fingerprint density at radius 1 is 1.11 bits per heavy atom. The Morgan fingerprint density at radius 2 is 1.89 bits per heavy atom. The SMILES string of the molecule is O=c1[nH]c2ccc(Cl)cc2n1Cc1ccccc1Cl. The Labute approximate surface area is 119 Å². The summed E-state index contributed by atoms with van der Waals surface area (Å²) < 4.78 is 1.63. The summed E-state index contributed by atoms with van der Waals surface area (Å²) in [5.74, 6) is 0. The quantitative estimate of drug-likeness (QED) is 0.769. The van der Waals surface area contributed by atoms with E-state index in [2.05, 4.69) is 4.98 Å². The lowest BCUT2D eigenvalue weighted by atomic mass is 10.2. The molecule has 3 aromatic rings. The predicted octanol–water partition coefficient (Wildman–Crippen LogP) is 3.68. The van der Waals surface area contributed by atoms with Crippen LogP contribution >= 0.6 is 23.2 Å². The molecule has 0 saturated heterocycles. The summed E-state index contributed by atoms with van der Waals surface area (Å²) in [6.45, 7) is 0.416. The van der Waals surface area contributed by atoms with Gasteiger partial charge < -0.3 is 4.98 Å². The summed E-state index contributed by atoms with van der Waals surface area (Å²) in [4.78, 5) is 14.8. The van der Waals surface area contributed by atoms with E-state index < -0.39 is 0 Å². The normalized spacial score (nSPS) is 11.1. The lowest BCUT2D eigenvalue weighted by Crippen LogP contribution is -2.17. The van der Waals surface area contributed by atoms with E-state index >= 15 is 0 Å². The number of rotatable bonds is 2.